The number of allylic oxidation sites excluding steroid dienone is 10. The summed E-state index contributed by atoms with van der Waals surface area (Å²) in [6, 6.07) is 0. The Labute approximate surface area is 355 Å². The van der Waals surface area contributed by atoms with Gasteiger partial charge in [0.2, 0.25) is 0 Å². The third-order valence-electron chi connectivity index (χ3n) is 9.69. The monoisotopic (exact) mass is 839 g/mol. The van der Waals surface area contributed by atoms with E-state index in [9.17, 15) is 19.4 Å². The molecule has 0 aliphatic rings. The highest BCUT2D eigenvalue weighted by Crippen LogP contribution is 2.43. The van der Waals surface area contributed by atoms with Crippen molar-refractivity contribution in [1.82, 2.24) is 0 Å². The van der Waals surface area contributed by atoms with Gasteiger partial charge in [-0.3, -0.25) is 13.8 Å². The molecule has 0 aromatic heterocycles. The second-order valence-corrected chi connectivity index (χ2v) is 16.8. The number of unbranched alkanes of at least 4 members (excludes halogenated alkanes) is 20. The first-order valence-corrected chi connectivity index (χ1v) is 24.8. The van der Waals surface area contributed by atoms with Gasteiger partial charge in [-0.2, -0.15) is 0 Å². The second kappa shape index (κ2) is 44.7. The van der Waals surface area contributed by atoms with Crippen molar-refractivity contribution in [2.75, 3.05) is 33.0 Å². The SMILES string of the molecule is CC/C=C\C/C=C\C/C=C\CCCCCCCCCC(=O)OC(COCCCCCCCCCCCC/C=C\C/C=C\CCCCC)COP(=O)(O)OCC(O)CO. The zero-order valence-corrected chi connectivity index (χ0v) is 37.9. The van der Waals surface area contributed by atoms with Crippen LogP contribution in [0.4, 0.5) is 0 Å². The molecule has 0 aliphatic carbocycles. The molecule has 0 aromatic rings. The van der Waals surface area contributed by atoms with Gasteiger partial charge in [0.25, 0.3) is 0 Å². The Morgan fingerprint density at radius 2 is 0.983 bits per heavy atom. The summed E-state index contributed by atoms with van der Waals surface area (Å²) in [5.41, 5.74) is 0. The molecular formula is C48H87O9P. The van der Waals surface area contributed by atoms with E-state index >= 15 is 0 Å². The molecule has 10 heteroatoms. The Hall–Kier alpha value is -1.84. The van der Waals surface area contributed by atoms with E-state index in [4.69, 9.17) is 23.6 Å². The number of carbonyl (C=O) groups is 1. The topological polar surface area (TPSA) is 132 Å². The number of carbonyl (C=O) groups excluding carboxylic acids is 1. The highest BCUT2D eigenvalue weighted by atomic mass is 31.2. The van der Waals surface area contributed by atoms with Gasteiger partial charge in [-0.05, 0) is 77.0 Å². The fraction of sp³-hybridized carbons (Fsp3) is 0.771. The summed E-state index contributed by atoms with van der Waals surface area (Å²) < 4.78 is 33.4. The maximum Gasteiger partial charge on any atom is 0.472 e. The lowest BCUT2D eigenvalue weighted by Crippen LogP contribution is -2.29. The van der Waals surface area contributed by atoms with Gasteiger partial charge in [-0.1, -0.05) is 171 Å². The van der Waals surface area contributed by atoms with Gasteiger partial charge in [-0.15, -0.1) is 0 Å². The van der Waals surface area contributed by atoms with Gasteiger partial charge >= 0.3 is 13.8 Å². The largest absolute Gasteiger partial charge is 0.472 e. The van der Waals surface area contributed by atoms with Gasteiger partial charge in [0.1, 0.15) is 12.2 Å². The van der Waals surface area contributed by atoms with E-state index in [-0.39, 0.29) is 19.6 Å². The lowest BCUT2D eigenvalue weighted by atomic mass is 10.1. The Morgan fingerprint density at radius 3 is 1.48 bits per heavy atom. The molecule has 0 aliphatic heterocycles. The first-order chi connectivity index (χ1) is 28.3. The minimum absolute atomic E-state index is 0.0412. The molecule has 0 saturated carbocycles. The van der Waals surface area contributed by atoms with Crippen LogP contribution in [0.1, 0.15) is 194 Å². The second-order valence-electron chi connectivity index (χ2n) is 15.4. The first-order valence-electron chi connectivity index (χ1n) is 23.3. The Bertz CT molecular complexity index is 1090. The molecule has 9 nitrogen and oxygen atoms in total. The molecule has 0 spiro atoms. The van der Waals surface area contributed by atoms with E-state index in [0.717, 1.165) is 70.6 Å². The highest BCUT2D eigenvalue weighted by Gasteiger charge is 2.26. The van der Waals surface area contributed by atoms with Crippen LogP contribution in [0.3, 0.4) is 0 Å². The number of hydrogen-bond donors (Lipinski definition) is 3. The minimum atomic E-state index is -4.53. The summed E-state index contributed by atoms with van der Waals surface area (Å²) in [6.07, 6.45) is 51.7. The van der Waals surface area contributed by atoms with Crippen molar-refractivity contribution in [3.63, 3.8) is 0 Å². The summed E-state index contributed by atoms with van der Waals surface area (Å²) in [5, 5.41) is 18.4. The van der Waals surface area contributed by atoms with Gasteiger partial charge in [0.15, 0.2) is 0 Å². The van der Waals surface area contributed by atoms with Crippen LogP contribution < -0.4 is 0 Å². The van der Waals surface area contributed by atoms with Crippen LogP contribution in [0.2, 0.25) is 0 Å². The van der Waals surface area contributed by atoms with Crippen molar-refractivity contribution in [3.8, 4) is 0 Å². The van der Waals surface area contributed by atoms with Crippen molar-refractivity contribution in [1.29, 1.82) is 0 Å². The molecule has 0 saturated heterocycles. The maximum atomic E-state index is 12.6. The minimum Gasteiger partial charge on any atom is -0.457 e. The van der Waals surface area contributed by atoms with Crippen LogP contribution in [0.15, 0.2) is 60.8 Å². The molecule has 0 aromatic carbocycles. The average molecular weight is 839 g/mol. The van der Waals surface area contributed by atoms with E-state index in [1.54, 1.807) is 0 Å². The quantitative estimate of drug-likeness (QED) is 0.0237. The molecule has 0 fully saturated rings. The number of esters is 1. The molecule has 3 N–H and O–H groups in total. The Kier molecular flexibility index (Phi) is 43.3. The lowest BCUT2D eigenvalue weighted by molar-refractivity contribution is -0.154. The average Bonchev–Trinajstić information content (AvgIpc) is 3.21. The first kappa shape index (κ1) is 56.2. The lowest BCUT2D eigenvalue weighted by Gasteiger charge is -2.20. The molecule has 0 bridgehead atoms. The van der Waals surface area contributed by atoms with E-state index < -0.39 is 39.2 Å². The number of ether oxygens (including phenoxy) is 2. The van der Waals surface area contributed by atoms with Crippen molar-refractivity contribution < 1.29 is 43.0 Å². The summed E-state index contributed by atoms with van der Waals surface area (Å²) in [7, 11) is -4.53. The highest BCUT2D eigenvalue weighted by molar-refractivity contribution is 7.47. The van der Waals surface area contributed by atoms with Crippen LogP contribution in [0.25, 0.3) is 0 Å². The summed E-state index contributed by atoms with van der Waals surface area (Å²) in [6.45, 7) is 3.37. The van der Waals surface area contributed by atoms with Gasteiger partial charge in [0, 0.05) is 13.0 Å². The van der Waals surface area contributed by atoms with Crippen LogP contribution in [-0.4, -0.2) is 66.3 Å². The molecular weight excluding hydrogens is 751 g/mol. The predicted octanol–water partition coefficient (Wildman–Crippen LogP) is 13.1. The fourth-order valence-electron chi connectivity index (χ4n) is 6.16. The predicted molar refractivity (Wildman–Crippen MR) is 242 cm³/mol. The number of phosphoric ester groups is 1. The Balaban J connectivity index is 4.14. The molecule has 0 rings (SSSR count). The third-order valence-corrected chi connectivity index (χ3v) is 10.6. The molecule has 338 valence electrons. The summed E-state index contributed by atoms with van der Waals surface area (Å²) in [4.78, 5) is 22.6. The number of rotatable bonds is 44. The van der Waals surface area contributed by atoms with Crippen LogP contribution in [0.5, 0.6) is 0 Å². The van der Waals surface area contributed by atoms with E-state index in [1.807, 2.05) is 0 Å². The van der Waals surface area contributed by atoms with Gasteiger partial charge < -0.3 is 24.6 Å². The smallest absolute Gasteiger partial charge is 0.457 e. The molecule has 3 unspecified atom stereocenters. The molecule has 0 radical (unpaired) electrons. The Morgan fingerprint density at radius 1 is 0.552 bits per heavy atom. The maximum absolute atomic E-state index is 12.6. The van der Waals surface area contributed by atoms with Crippen molar-refractivity contribution >= 4 is 13.8 Å². The number of aliphatic hydroxyl groups is 2. The fourth-order valence-corrected chi connectivity index (χ4v) is 6.95. The van der Waals surface area contributed by atoms with E-state index in [1.165, 1.54) is 96.3 Å². The molecule has 0 amide bonds. The van der Waals surface area contributed by atoms with Crippen LogP contribution >= 0.6 is 7.82 Å². The summed E-state index contributed by atoms with van der Waals surface area (Å²) >= 11 is 0. The normalized spacial score (nSPS) is 14.5. The zero-order chi connectivity index (χ0) is 42.5. The molecule has 58 heavy (non-hydrogen) atoms. The van der Waals surface area contributed by atoms with E-state index in [0.29, 0.717) is 13.0 Å². The van der Waals surface area contributed by atoms with Crippen molar-refractivity contribution in [2.45, 2.75) is 206 Å². The number of phosphoric acid groups is 1. The summed E-state index contributed by atoms with van der Waals surface area (Å²) in [5.74, 6) is -0.394. The van der Waals surface area contributed by atoms with Crippen LogP contribution in [-0.2, 0) is 27.9 Å². The molecule has 3 atom stereocenters. The van der Waals surface area contributed by atoms with Crippen molar-refractivity contribution in [3.05, 3.63) is 60.8 Å². The standard InChI is InChI=1S/C48H87O9P/c1-3-5-7-9-11-13-15-17-19-21-22-23-25-27-29-31-33-35-37-39-41-54-44-47(45-56-58(52,53)55-43-46(50)42-49)57-48(51)40-38-36-34-32-30-28-26-24-20-18-16-14-12-10-8-6-4-2/h6,8,11-14,17-20,46-47,49-50H,3-5,7,9-10,15-16,21-45H2,1-2H3,(H,52,53)/b8-6-,13-11-,14-12-,19-17-,20-18-. The number of aliphatic hydroxyl groups excluding tert-OH is 2. The third kappa shape index (κ3) is 43.7. The number of hydrogen-bond acceptors (Lipinski definition) is 8. The van der Waals surface area contributed by atoms with Crippen molar-refractivity contribution in [2.24, 2.45) is 0 Å². The van der Waals surface area contributed by atoms with E-state index in [2.05, 4.69) is 74.6 Å². The molecule has 0 heterocycles. The van der Waals surface area contributed by atoms with Gasteiger partial charge in [-0.25, -0.2) is 4.57 Å². The van der Waals surface area contributed by atoms with Gasteiger partial charge in [0.05, 0.1) is 26.4 Å². The zero-order valence-electron chi connectivity index (χ0n) is 37.0. The van der Waals surface area contributed by atoms with Crippen LogP contribution in [0, 0.1) is 0 Å².